The molecule has 3 aromatic rings. The van der Waals surface area contributed by atoms with E-state index in [-0.39, 0.29) is 22.6 Å². The highest BCUT2D eigenvalue weighted by Gasteiger charge is 2.47. The summed E-state index contributed by atoms with van der Waals surface area (Å²) in [5.41, 5.74) is 4.61. The number of fused-ring (bicyclic) bond motifs is 2. The van der Waals surface area contributed by atoms with Gasteiger partial charge in [0.1, 0.15) is 11.6 Å². The van der Waals surface area contributed by atoms with E-state index in [1.165, 1.54) is 6.07 Å². The molecule has 6 nitrogen and oxygen atoms in total. The lowest BCUT2D eigenvalue weighted by Crippen LogP contribution is -2.46. The van der Waals surface area contributed by atoms with Gasteiger partial charge in [-0.1, -0.05) is 50.6 Å². The van der Waals surface area contributed by atoms with E-state index in [4.69, 9.17) is 0 Å². The molecule has 0 atom stereocenters. The van der Waals surface area contributed by atoms with Crippen LogP contribution < -0.4 is 15.5 Å². The number of anilines is 4. The number of carbonyl (C=O) groups excluding carboxylic acids is 1. The van der Waals surface area contributed by atoms with Crippen molar-refractivity contribution in [3.05, 3.63) is 77.6 Å². The number of aryl methyl sites for hydroxylation is 1. The maximum Gasteiger partial charge on any atom is 0.323 e. The van der Waals surface area contributed by atoms with Gasteiger partial charge in [0, 0.05) is 30.3 Å². The fraction of sp³-hybridized carbons (Fsp3) is 0.387. The molecule has 0 aliphatic carbocycles. The van der Waals surface area contributed by atoms with Gasteiger partial charge in [-0.25, -0.2) is 9.18 Å². The topological polar surface area (TPSA) is 67.8 Å². The van der Waals surface area contributed by atoms with Crippen molar-refractivity contribution in [2.24, 2.45) is 5.41 Å². The molecule has 7 heteroatoms. The molecule has 200 valence electrons. The van der Waals surface area contributed by atoms with Crippen molar-refractivity contribution in [3.63, 3.8) is 0 Å². The minimum atomic E-state index is -0.427. The van der Waals surface area contributed by atoms with E-state index in [0.717, 1.165) is 49.3 Å². The first kappa shape index (κ1) is 26.0. The predicted molar refractivity (Wildman–Crippen MR) is 152 cm³/mol. The summed E-state index contributed by atoms with van der Waals surface area (Å²) in [6, 6.07) is 17.6. The molecular formula is C31H37FN4O2. The van der Waals surface area contributed by atoms with Crippen LogP contribution in [-0.4, -0.2) is 42.2 Å². The zero-order valence-corrected chi connectivity index (χ0v) is 22.6. The molecular weight excluding hydrogens is 479 g/mol. The van der Waals surface area contributed by atoms with Gasteiger partial charge < -0.3 is 25.5 Å². The van der Waals surface area contributed by atoms with Crippen molar-refractivity contribution in [3.8, 4) is 5.75 Å². The van der Waals surface area contributed by atoms with E-state index in [2.05, 4.69) is 36.3 Å². The van der Waals surface area contributed by atoms with Crippen LogP contribution >= 0.6 is 0 Å². The Balaban J connectivity index is 1.43. The van der Waals surface area contributed by atoms with E-state index < -0.39 is 5.82 Å². The molecule has 0 bridgehead atoms. The van der Waals surface area contributed by atoms with Crippen molar-refractivity contribution < 1.29 is 14.3 Å². The largest absolute Gasteiger partial charge is 0.506 e. The Morgan fingerprint density at radius 1 is 1.03 bits per heavy atom. The molecule has 0 aromatic heterocycles. The number of hydrogen-bond donors (Lipinski definition) is 3. The van der Waals surface area contributed by atoms with E-state index in [0.29, 0.717) is 23.6 Å². The smallest absolute Gasteiger partial charge is 0.323 e. The molecule has 0 radical (unpaired) electrons. The van der Waals surface area contributed by atoms with Crippen molar-refractivity contribution in [1.29, 1.82) is 0 Å². The highest BCUT2D eigenvalue weighted by Crippen LogP contribution is 2.54. The zero-order chi connectivity index (χ0) is 27.1. The third kappa shape index (κ3) is 5.34. The number of likely N-dealkylation sites (tertiary alicyclic amines) is 1. The Bertz CT molecular complexity index is 1320. The van der Waals surface area contributed by atoms with Crippen LogP contribution in [0.15, 0.2) is 60.7 Å². The molecule has 0 unspecified atom stereocenters. The Morgan fingerprint density at radius 2 is 1.71 bits per heavy atom. The van der Waals surface area contributed by atoms with E-state index in [9.17, 15) is 14.3 Å². The molecule has 2 amide bonds. The molecule has 1 fully saturated rings. The molecule has 2 aliphatic heterocycles. The minimum Gasteiger partial charge on any atom is -0.506 e. The van der Waals surface area contributed by atoms with Crippen LogP contribution in [0.1, 0.15) is 44.7 Å². The summed E-state index contributed by atoms with van der Waals surface area (Å²) >= 11 is 0. The molecule has 5 rings (SSSR count). The van der Waals surface area contributed by atoms with Crippen LogP contribution in [-0.2, 0) is 5.41 Å². The SMILES string of the molecule is Cc1ccc(NC(=O)Nc2ccccc2N2CC3(CCN(CC(C)(C)C)CC3)c3cc(F)cc(O)c32)cc1. The van der Waals surface area contributed by atoms with Crippen LogP contribution in [0.4, 0.5) is 31.9 Å². The highest BCUT2D eigenvalue weighted by atomic mass is 19.1. The molecule has 0 saturated carbocycles. The van der Waals surface area contributed by atoms with Crippen molar-refractivity contribution in [2.75, 3.05) is 41.7 Å². The number of piperidine rings is 1. The summed E-state index contributed by atoms with van der Waals surface area (Å²) in [6.07, 6.45) is 1.75. The Kier molecular flexibility index (Phi) is 6.82. The van der Waals surface area contributed by atoms with E-state index in [1.54, 1.807) is 6.07 Å². The summed E-state index contributed by atoms with van der Waals surface area (Å²) in [5.74, 6) is -0.503. The van der Waals surface area contributed by atoms with Gasteiger partial charge in [0.2, 0.25) is 0 Å². The van der Waals surface area contributed by atoms with Crippen LogP contribution in [0.3, 0.4) is 0 Å². The first-order valence-electron chi connectivity index (χ1n) is 13.3. The normalized spacial score (nSPS) is 16.9. The third-order valence-electron chi connectivity index (χ3n) is 7.62. The fourth-order valence-corrected chi connectivity index (χ4v) is 5.92. The van der Waals surface area contributed by atoms with Gasteiger partial charge in [0.15, 0.2) is 0 Å². The Hall–Kier alpha value is -3.58. The predicted octanol–water partition coefficient (Wildman–Crippen LogP) is 7.02. The number of aromatic hydroxyl groups is 1. The standard InChI is InChI=1S/C31H37FN4O2/c1-21-9-11-23(12-10-21)33-29(38)34-25-7-5-6-8-26(25)36-20-31(24-17-22(32)18-27(37)28(24)36)13-15-35(16-14-31)19-30(2,3)4/h5-12,17-18,37H,13-16,19-20H2,1-4H3,(H2,33,34,38). The summed E-state index contributed by atoms with van der Waals surface area (Å²) < 4.78 is 14.6. The number of rotatable bonds is 4. The van der Waals surface area contributed by atoms with Gasteiger partial charge in [-0.2, -0.15) is 0 Å². The maximum absolute atomic E-state index is 14.6. The third-order valence-corrected chi connectivity index (χ3v) is 7.62. The monoisotopic (exact) mass is 516 g/mol. The average molecular weight is 517 g/mol. The average Bonchev–Trinajstić information content (AvgIpc) is 3.15. The first-order valence-corrected chi connectivity index (χ1v) is 13.3. The summed E-state index contributed by atoms with van der Waals surface area (Å²) in [7, 11) is 0. The van der Waals surface area contributed by atoms with Gasteiger partial charge in [-0.05, 0) is 74.2 Å². The molecule has 2 heterocycles. The molecule has 3 aromatic carbocycles. The number of carbonyl (C=O) groups is 1. The van der Waals surface area contributed by atoms with Crippen LogP contribution in [0.2, 0.25) is 0 Å². The molecule has 3 N–H and O–H groups in total. The molecule has 38 heavy (non-hydrogen) atoms. The second-order valence-electron chi connectivity index (χ2n) is 12.0. The number of nitrogens with zero attached hydrogens (tertiary/aromatic N) is 2. The lowest BCUT2D eigenvalue weighted by atomic mass is 9.74. The second-order valence-corrected chi connectivity index (χ2v) is 12.0. The molecule has 2 aliphatic rings. The number of nitrogens with one attached hydrogen (secondary N) is 2. The van der Waals surface area contributed by atoms with E-state index >= 15 is 0 Å². The van der Waals surface area contributed by atoms with Crippen LogP contribution in [0, 0.1) is 18.2 Å². The number of halogens is 1. The maximum atomic E-state index is 14.6. The number of hydrogen-bond acceptors (Lipinski definition) is 4. The van der Waals surface area contributed by atoms with Gasteiger partial charge in [0.25, 0.3) is 0 Å². The lowest BCUT2D eigenvalue weighted by molar-refractivity contribution is 0.125. The van der Waals surface area contributed by atoms with Gasteiger partial charge in [-0.15, -0.1) is 0 Å². The number of phenols is 1. The van der Waals surface area contributed by atoms with Crippen molar-refractivity contribution in [2.45, 2.75) is 46.0 Å². The summed E-state index contributed by atoms with van der Waals surface area (Å²) in [4.78, 5) is 17.4. The fourth-order valence-electron chi connectivity index (χ4n) is 5.92. The highest BCUT2D eigenvalue weighted by molar-refractivity contribution is 6.02. The molecule has 1 saturated heterocycles. The zero-order valence-electron chi connectivity index (χ0n) is 22.6. The van der Waals surface area contributed by atoms with Crippen LogP contribution in [0.25, 0.3) is 0 Å². The van der Waals surface area contributed by atoms with Crippen molar-refractivity contribution >= 4 is 28.8 Å². The Labute approximate surface area is 224 Å². The molecule has 1 spiro atoms. The van der Waals surface area contributed by atoms with Gasteiger partial charge >= 0.3 is 6.03 Å². The number of urea groups is 1. The number of phenolic OH excluding ortho intramolecular Hbond substituents is 1. The number of benzene rings is 3. The minimum absolute atomic E-state index is 0.0760. The van der Waals surface area contributed by atoms with Crippen molar-refractivity contribution in [1.82, 2.24) is 4.90 Å². The Morgan fingerprint density at radius 3 is 2.39 bits per heavy atom. The number of amides is 2. The van der Waals surface area contributed by atoms with Gasteiger partial charge in [0.05, 0.1) is 17.1 Å². The lowest BCUT2D eigenvalue weighted by Gasteiger charge is -2.42. The van der Waals surface area contributed by atoms with Gasteiger partial charge in [-0.3, -0.25) is 0 Å². The number of para-hydroxylation sites is 2. The quantitative estimate of drug-likeness (QED) is 0.349. The summed E-state index contributed by atoms with van der Waals surface area (Å²) in [5, 5.41) is 16.8. The second kappa shape index (κ2) is 9.95. The first-order chi connectivity index (χ1) is 18.0. The van der Waals surface area contributed by atoms with Crippen LogP contribution in [0.5, 0.6) is 5.75 Å². The summed E-state index contributed by atoms with van der Waals surface area (Å²) in [6.45, 7) is 12.2. The van der Waals surface area contributed by atoms with E-state index in [1.807, 2.05) is 60.4 Å².